The number of aromatic nitrogens is 2. The number of benzene rings is 1. The van der Waals surface area contributed by atoms with E-state index in [1.807, 2.05) is 0 Å². The predicted octanol–water partition coefficient (Wildman–Crippen LogP) is 3.56. The number of hydrogen-bond donors (Lipinski definition) is 2. The average molecular weight is 611 g/mol. The molecule has 0 radical (unpaired) electrons. The van der Waals surface area contributed by atoms with Crippen LogP contribution < -0.4 is 15.4 Å². The molecule has 0 unspecified atom stereocenters. The van der Waals surface area contributed by atoms with Gasteiger partial charge in [0.15, 0.2) is 15.5 Å². The summed E-state index contributed by atoms with van der Waals surface area (Å²) < 4.78 is 35.5. The van der Waals surface area contributed by atoms with E-state index in [4.69, 9.17) is 21.1 Å². The van der Waals surface area contributed by atoms with Gasteiger partial charge in [0, 0.05) is 38.3 Å². The molecule has 1 aliphatic heterocycles. The van der Waals surface area contributed by atoms with Gasteiger partial charge in [-0.3, -0.25) is 14.5 Å². The van der Waals surface area contributed by atoms with Crippen LogP contribution >= 0.6 is 24.0 Å². The summed E-state index contributed by atoms with van der Waals surface area (Å²) in [6.45, 7) is 4.11. The fourth-order valence-corrected chi connectivity index (χ4v) is 4.59. The Hall–Kier alpha value is -3.29. The van der Waals surface area contributed by atoms with Crippen molar-refractivity contribution in [3.05, 3.63) is 71.1 Å². The molecule has 0 atom stereocenters. The van der Waals surface area contributed by atoms with Crippen molar-refractivity contribution < 1.29 is 27.5 Å². The van der Waals surface area contributed by atoms with E-state index in [0.29, 0.717) is 24.7 Å². The van der Waals surface area contributed by atoms with Crippen LogP contribution in [0.5, 0.6) is 5.75 Å². The Labute approximate surface area is 243 Å². The van der Waals surface area contributed by atoms with Crippen LogP contribution in [-0.4, -0.2) is 80.8 Å². The van der Waals surface area contributed by atoms with Crippen molar-refractivity contribution >= 4 is 57.2 Å². The molecule has 3 aromatic rings. The highest BCUT2D eigenvalue weighted by Crippen LogP contribution is 2.26. The molecule has 2 amide bonds. The SMILES string of the molecule is CS(=O)(=O)c1ccc(C(=O)Nc2cccnc2C(=O)Nc2ccc(Cl)cn2)c(OCCCN2CCOCC2)c1.Cl. The zero-order valence-electron chi connectivity index (χ0n) is 21.6. The number of carbonyl (C=O) groups is 2. The summed E-state index contributed by atoms with van der Waals surface area (Å²) in [5.74, 6) is -0.799. The van der Waals surface area contributed by atoms with Crippen LogP contribution in [-0.2, 0) is 14.6 Å². The zero-order chi connectivity index (χ0) is 27.8. The van der Waals surface area contributed by atoms with Gasteiger partial charge in [0.05, 0.1) is 41.0 Å². The van der Waals surface area contributed by atoms with E-state index in [2.05, 4.69) is 25.5 Å². The number of rotatable bonds is 10. The number of carbonyl (C=O) groups excluding carboxylic acids is 2. The molecule has 0 aliphatic carbocycles. The normalized spacial score (nSPS) is 13.7. The minimum absolute atomic E-state index is 0. The fourth-order valence-electron chi connectivity index (χ4n) is 3.84. The number of morpholine rings is 1. The summed E-state index contributed by atoms with van der Waals surface area (Å²) in [5, 5.41) is 5.71. The van der Waals surface area contributed by atoms with Gasteiger partial charge in [-0.1, -0.05) is 11.6 Å². The topological polar surface area (TPSA) is 140 Å². The average Bonchev–Trinajstić information content (AvgIpc) is 2.92. The predicted molar refractivity (Wildman–Crippen MR) is 154 cm³/mol. The van der Waals surface area contributed by atoms with Crippen LogP contribution in [0.25, 0.3) is 0 Å². The molecule has 11 nitrogen and oxygen atoms in total. The van der Waals surface area contributed by atoms with E-state index in [-0.39, 0.29) is 52.4 Å². The largest absolute Gasteiger partial charge is 0.493 e. The van der Waals surface area contributed by atoms with Gasteiger partial charge in [0.1, 0.15) is 11.6 Å². The van der Waals surface area contributed by atoms with E-state index in [9.17, 15) is 18.0 Å². The van der Waals surface area contributed by atoms with Gasteiger partial charge in [-0.05, 0) is 48.9 Å². The third-order valence-electron chi connectivity index (χ3n) is 5.85. The second kappa shape index (κ2) is 14.4. The minimum atomic E-state index is -3.54. The molecule has 1 aliphatic rings. The second-order valence-electron chi connectivity index (χ2n) is 8.76. The van der Waals surface area contributed by atoms with Gasteiger partial charge in [-0.2, -0.15) is 0 Å². The first-order valence-electron chi connectivity index (χ1n) is 12.2. The number of pyridine rings is 2. The van der Waals surface area contributed by atoms with E-state index < -0.39 is 21.7 Å². The number of ether oxygens (including phenoxy) is 2. The number of amides is 2. The van der Waals surface area contributed by atoms with Crippen molar-refractivity contribution in [1.29, 1.82) is 0 Å². The number of halogens is 2. The van der Waals surface area contributed by atoms with E-state index >= 15 is 0 Å². The molecular weight excluding hydrogens is 581 g/mol. The molecular formula is C26H29Cl2N5O6S. The van der Waals surface area contributed by atoms with Gasteiger partial charge in [-0.15, -0.1) is 12.4 Å². The first-order valence-corrected chi connectivity index (χ1v) is 14.4. The Bertz CT molecular complexity index is 1430. The van der Waals surface area contributed by atoms with Crippen molar-refractivity contribution in [2.45, 2.75) is 11.3 Å². The number of nitrogens with one attached hydrogen (secondary N) is 2. The van der Waals surface area contributed by atoms with E-state index in [1.165, 1.54) is 42.7 Å². The number of sulfone groups is 1. The molecule has 214 valence electrons. The molecule has 0 saturated carbocycles. The van der Waals surface area contributed by atoms with Crippen LogP contribution in [0.15, 0.2) is 59.8 Å². The van der Waals surface area contributed by atoms with Gasteiger partial charge in [0.25, 0.3) is 11.8 Å². The van der Waals surface area contributed by atoms with Gasteiger partial charge >= 0.3 is 0 Å². The summed E-state index contributed by atoms with van der Waals surface area (Å²) in [7, 11) is -3.54. The summed E-state index contributed by atoms with van der Waals surface area (Å²) in [6.07, 6.45) is 4.57. The Morgan fingerprint density at radius 3 is 2.55 bits per heavy atom. The maximum absolute atomic E-state index is 13.3. The van der Waals surface area contributed by atoms with E-state index in [0.717, 1.165) is 25.9 Å². The smallest absolute Gasteiger partial charge is 0.277 e. The summed E-state index contributed by atoms with van der Waals surface area (Å²) >= 11 is 5.84. The number of anilines is 2. The van der Waals surface area contributed by atoms with Crippen molar-refractivity contribution in [2.75, 3.05) is 56.3 Å². The quantitative estimate of drug-likeness (QED) is 0.330. The lowest BCUT2D eigenvalue weighted by atomic mass is 10.1. The molecule has 40 heavy (non-hydrogen) atoms. The lowest BCUT2D eigenvalue weighted by molar-refractivity contribution is 0.0357. The molecule has 2 N–H and O–H groups in total. The third kappa shape index (κ3) is 8.60. The highest BCUT2D eigenvalue weighted by molar-refractivity contribution is 7.90. The van der Waals surface area contributed by atoms with Crippen molar-refractivity contribution in [2.24, 2.45) is 0 Å². The molecule has 0 spiro atoms. The van der Waals surface area contributed by atoms with Crippen molar-refractivity contribution in [1.82, 2.24) is 14.9 Å². The van der Waals surface area contributed by atoms with Crippen molar-refractivity contribution in [3.8, 4) is 5.75 Å². The zero-order valence-corrected chi connectivity index (χ0v) is 24.0. The fraction of sp³-hybridized carbons (Fsp3) is 0.308. The summed E-state index contributed by atoms with van der Waals surface area (Å²) in [4.78, 5) is 36.6. The maximum atomic E-state index is 13.3. The number of nitrogens with zero attached hydrogens (tertiary/aromatic N) is 3. The van der Waals surface area contributed by atoms with Crippen LogP contribution in [0, 0.1) is 0 Å². The number of hydrogen-bond acceptors (Lipinski definition) is 9. The molecule has 1 fully saturated rings. The highest BCUT2D eigenvalue weighted by atomic mass is 35.5. The van der Waals surface area contributed by atoms with Gasteiger partial charge in [0.2, 0.25) is 0 Å². The lowest BCUT2D eigenvalue weighted by Crippen LogP contribution is -2.37. The molecule has 3 heterocycles. The van der Waals surface area contributed by atoms with E-state index in [1.54, 1.807) is 12.1 Å². The highest BCUT2D eigenvalue weighted by Gasteiger charge is 2.21. The molecule has 4 rings (SSSR count). The minimum Gasteiger partial charge on any atom is -0.493 e. The Kier molecular flexibility index (Phi) is 11.2. The molecule has 1 aromatic carbocycles. The third-order valence-corrected chi connectivity index (χ3v) is 7.18. The van der Waals surface area contributed by atoms with Crippen LogP contribution in [0.2, 0.25) is 5.02 Å². The first kappa shape index (κ1) is 31.2. The summed E-state index contributed by atoms with van der Waals surface area (Å²) in [6, 6.07) is 10.3. The second-order valence-corrected chi connectivity index (χ2v) is 11.2. The standard InChI is InChI=1S/C26H28ClN5O6S.ClH/c1-39(35,36)19-6-7-20(22(16-19)38-13-3-10-32-11-14-37-15-12-32)25(33)30-21-4-2-9-28-24(21)26(34)31-23-8-5-18(27)17-29-23;/h2,4-9,16-17H,3,10-15H2,1H3,(H,30,33)(H,29,31,34);1H. The molecule has 0 bridgehead atoms. The van der Waals surface area contributed by atoms with Crippen LogP contribution in [0.3, 0.4) is 0 Å². The van der Waals surface area contributed by atoms with Gasteiger partial charge in [-0.25, -0.2) is 18.4 Å². The lowest BCUT2D eigenvalue weighted by Gasteiger charge is -2.26. The monoisotopic (exact) mass is 609 g/mol. The van der Waals surface area contributed by atoms with Gasteiger partial charge < -0.3 is 20.1 Å². The molecule has 14 heteroatoms. The Morgan fingerprint density at radius 1 is 1.07 bits per heavy atom. The summed E-state index contributed by atoms with van der Waals surface area (Å²) in [5.41, 5.74) is 0.228. The van der Waals surface area contributed by atoms with Crippen LogP contribution in [0.4, 0.5) is 11.5 Å². The maximum Gasteiger partial charge on any atom is 0.277 e. The van der Waals surface area contributed by atoms with Crippen LogP contribution in [0.1, 0.15) is 27.3 Å². The van der Waals surface area contributed by atoms with Crippen molar-refractivity contribution in [3.63, 3.8) is 0 Å². The first-order chi connectivity index (χ1) is 18.7. The molecule has 1 saturated heterocycles. The molecule has 2 aromatic heterocycles. The Morgan fingerprint density at radius 2 is 1.85 bits per heavy atom. The Balaban J connectivity index is 0.00000441.